The highest BCUT2D eigenvalue weighted by Crippen LogP contribution is 2.63. The van der Waals surface area contributed by atoms with E-state index in [2.05, 4.69) is 19.6 Å². The van der Waals surface area contributed by atoms with Gasteiger partial charge in [0, 0.05) is 17.3 Å². The molecule has 0 saturated heterocycles. The predicted molar refractivity (Wildman–Crippen MR) is 90.7 cm³/mol. The average Bonchev–Trinajstić information content (AvgIpc) is 2.47. The monoisotopic (exact) mass is 318 g/mol. The fourth-order valence-corrected chi connectivity index (χ4v) is 5.79. The maximum Gasteiger partial charge on any atom is 0.162 e. The maximum absolute atomic E-state index is 12.5. The molecule has 3 heteroatoms. The summed E-state index contributed by atoms with van der Waals surface area (Å²) >= 11 is 0. The van der Waals surface area contributed by atoms with Gasteiger partial charge in [0.1, 0.15) is 6.10 Å². The van der Waals surface area contributed by atoms with Crippen molar-refractivity contribution >= 4 is 5.78 Å². The largest absolute Gasteiger partial charge is 0.392 e. The second-order valence-corrected chi connectivity index (χ2v) is 9.06. The van der Waals surface area contributed by atoms with Gasteiger partial charge in [-0.25, -0.2) is 0 Å². The Morgan fingerprint density at radius 2 is 1.91 bits per heavy atom. The SMILES string of the molecule is C=C[C@]1(C)C=C2CC[C@@H]3C(C)(C)C(O)C(=O)C[C@@]3(C)[C@H]2CC1O. The molecule has 3 nitrogen and oxygen atoms in total. The first-order chi connectivity index (χ1) is 10.6. The molecule has 23 heavy (non-hydrogen) atoms. The van der Waals surface area contributed by atoms with Crippen LogP contribution in [0.3, 0.4) is 0 Å². The minimum absolute atomic E-state index is 0.0402. The highest BCUT2D eigenvalue weighted by Gasteiger charge is 2.60. The van der Waals surface area contributed by atoms with Gasteiger partial charge in [0.2, 0.25) is 0 Å². The van der Waals surface area contributed by atoms with Gasteiger partial charge in [0.05, 0.1) is 6.10 Å². The van der Waals surface area contributed by atoms with Crippen molar-refractivity contribution in [1.82, 2.24) is 0 Å². The van der Waals surface area contributed by atoms with Gasteiger partial charge in [0.25, 0.3) is 0 Å². The van der Waals surface area contributed by atoms with Crippen molar-refractivity contribution in [3.63, 3.8) is 0 Å². The summed E-state index contributed by atoms with van der Waals surface area (Å²) in [5.41, 5.74) is 0.423. The first-order valence-corrected chi connectivity index (χ1v) is 8.80. The van der Waals surface area contributed by atoms with Crippen LogP contribution in [0.25, 0.3) is 0 Å². The summed E-state index contributed by atoms with van der Waals surface area (Å²) in [5.74, 6) is 0.478. The van der Waals surface area contributed by atoms with E-state index in [1.807, 2.05) is 26.8 Å². The molecule has 3 aliphatic carbocycles. The molecule has 2 fully saturated rings. The van der Waals surface area contributed by atoms with E-state index in [-0.39, 0.29) is 22.5 Å². The van der Waals surface area contributed by atoms with Gasteiger partial charge in [-0.3, -0.25) is 4.79 Å². The van der Waals surface area contributed by atoms with Gasteiger partial charge in [-0.2, -0.15) is 0 Å². The lowest BCUT2D eigenvalue weighted by molar-refractivity contribution is -0.164. The van der Waals surface area contributed by atoms with E-state index in [1.54, 1.807) is 0 Å². The Bertz CT molecular complexity index is 575. The highest BCUT2D eigenvalue weighted by molar-refractivity contribution is 5.85. The molecule has 6 atom stereocenters. The molecular formula is C20H30O3. The van der Waals surface area contributed by atoms with E-state index in [0.717, 1.165) is 12.8 Å². The molecule has 0 radical (unpaired) electrons. The van der Waals surface area contributed by atoms with E-state index in [4.69, 9.17) is 0 Å². The molecule has 0 spiro atoms. The Morgan fingerprint density at radius 3 is 2.52 bits per heavy atom. The second-order valence-electron chi connectivity index (χ2n) is 9.06. The molecule has 3 aliphatic rings. The normalized spacial score (nSPS) is 49.0. The summed E-state index contributed by atoms with van der Waals surface area (Å²) in [4.78, 5) is 12.5. The molecule has 0 aromatic rings. The van der Waals surface area contributed by atoms with Crippen LogP contribution in [0.15, 0.2) is 24.3 Å². The fraction of sp³-hybridized carbons (Fsp3) is 0.750. The van der Waals surface area contributed by atoms with Gasteiger partial charge >= 0.3 is 0 Å². The summed E-state index contributed by atoms with van der Waals surface area (Å²) in [7, 11) is 0. The van der Waals surface area contributed by atoms with Crippen LogP contribution in [0.5, 0.6) is 0 Å². The number of aliphatic hydroxyl groups is 2. The zero-order valence-electron chi connectivity index (χ0n) is 14.8. The molecule has 0 bridgehead atoms. The van der Waals surface area contributed by atoms with Gasteiger partial charge in [-0.1, -0.05) is 45.4 Å². The highest BCUT2D eigenvalue weighted by atomic mass is 16.3. The molecule has 2 N–H and O–H groups in total. The average molecular weight is 318 g/mol. The van der Waals surface area contributed by atoms with Crippen molar-refractivity contribution in [2.24, 2.45) is 28.1 Å². The third-order valence-electron chi connectivity index (χ3n) is 7.34. The van der Waals surface area contributed by atoms with Crippen LogP contribution in [-0.2, 0) is 4.79 Å². The summed E-state index contributed by atoms with van der Waals surface area (Å²) in [6.07, 6.45) is 5.80. The maximum atomic E-state index is 12.5. The lowest BCUT2D eigenvalue weighted by atomic mass is 9.44. The second kappa shape index (κ2) is 5.03. The summed E-state index contributed by atoms with van der Waals surface area (Å²) in [5, 5.41) is 21.1. The number of ketones is 1. The standard InChI is InChI=1S/C20H30O3/c1-6-19(4)10-12-7-8-15-18(2,3)17(23)14(21)11-20(15,5)13(12)9-16(19)22/h6,10,13,15-17,22-23H,1,7-9,11H2,2-5H3/t13-,15+,16?,17?,19+,20-/m0/s1. The summed E-state index contributed by atoms with van der Waals surface area (Å²) in [6.45, 7) is 12.2. The van der Waals surface area contributed by atoms with Gasteiger partial charge in [0.15, 0.2) is 5.78 Å². The summed E-state index contributed by atoms with van der Waals surface area (Å²) < 4.78 is 0. The third-order valence-corrected chi connectivity index (χ3v) is 7.34. The Labute approximate surface area is 139 Å². The molecule has 0 aromatic carbocycles. The van der Waals surface area contributed by atoms with Gasteiger partial charge in [-0.15, -0.1) is 6.58 Å². The molecular weight excluding hydrogens is 288 g/mol. The minimum Gasteiger partial charge on any atom is -0.392 e. The molecule has 0 amide bonds. The van der Waals surface area contributed by atoms with Crippen molar-refractivity contribution in [2.75, 3.05) is 0 Å². The number of aliphatic hydroxyl groups excluding tert-OH is 2. The van der Waals surface area contributed by atoms with Crippen molar-refractivity contribution in [1.29, 1.82) is 0 Å². The van der Waals surface area contributed by atoms with E-state index in [0.29, 0.717) is 18.8 Å². The van der Waals surface area contributed by atoms with E-state index >= 15 is 0 Å². The molecule has 0 aliphatic heterocycles. The van der Waals surface area contributed by atoms with Crippen molar-refractivity contribution in [3.8, 4) is 0 Å². The van der Waals surface area contributed by atoms with Crippen molar-refractivity contribution in [2.45, 2.75) is 65.6 Å². The minimum atomic E-state index is -0.863. The molecule has 0 heterocycles. The number of hydrogen-bond acceptors (Lipinski definition) is 3. The Balaban J connectivity index is 2.05. The van der Waals surface area contributed by atoms with Crippen molar-refractivity contribution < 1.29 is 15.0 Å². The number of allylic oxidation sites excluding steroid dienone is 1. The predicted octanol–water partition coefficient (Wildman–Crippen LogP) is 3.26. The van der Waals surface area contributed by atoms with E-state index < -0.39 is 17.6 Å². The van der Waals surface area contributed by atoms with Crippen molar-refractivity contribution in [3.05, 3.63) is 24.3 Å². The van der Waals surface area contributed by atoms with Gasteiger partial charge in [-0.05, 0) is 36.5 Å². The van der Waals surface area contributed by atoms with Crippen LogP contribution in [0.4, 0.5) is 0 Å². The van der Waals surface area contributed by atoms with Crippen LogP contribution in [0, 0.1) is 28.1 Å². The fourth-order valence-electron chi connectivity index (χ4n) is 5.79. The Morgan fingerprint density at radius 1 is 1.26 bits per heavy atom. The summed E-state index contributed by atoms with van der Waals surface area (Å²) in [6, 6.07) is 0. The molecule has 2 unspecified atom stereocenters. The van der Waals surface area contributed by atoms with E-state index in [1.165, 1.54) is 5.57 Å². The number of rotatable bonds is 1. The quantitative estimate of drug-likeness (QED) is 0.730. The lowest BCUT2D eigenvalue weighted by Gasteiger charge is -2.60. The van der Waals surface area contributed by atoms with Crippen LogP contribution in [0.1, 0.15) is 53.4 Å². The number of hydrogen-bond donors (Lipinski definition) is 2. The third kappa shape index (κ3) is 2.20. The first-order valence-electron chi connectivity index (χ1n) is 8.80. The van der Waals surface area contributed by atoms with E-state index in [9.17, 15) is 15.0 Å². The van der Waals surface area contributed by atoms with Crippen LogP contribution in [-0.4, -0.2) is 28.2 Å². The number of carbonyl (C=O) groups excluding carboxylic acids is 1. The topological polar surface area (TPSA) is 57.5 Å². The smallest absolute Gasteiger partial charge is 0.162 e. The first kappa shape index (κ1) is 16.9. The zero-order chi connectivity index (χ0) is 17.2. The lowest BCUT2D eigenvalue weighted by Crippen LogP contribution is -2.59. The molecule has 2 saturated carbocycles. The number of Topliss-reactive ketones (excluding diaryl/α,β-unsaturated/α-hetero) is 1. The molecule has 128 valence electrons. The Hall–Kier alpha value is -0.930. The zero-order valence-corrected chi connectivity index (χ0v) is 14.8. The molecule has 3 rings (SSSR count). The number of fused-ring (bicyclic) bond motifs is 3. The van der Waals surface area contributed by atoms with Crippen LogP contribution < -0.4 is 0 Å². The van der Waals surface area contributed by atoms with Crippen LogP contribution >= 0.6 is 0 Å². The molecule has 0 aromatic heterocycles. The van der Waals surface area contributed by atoms with Gasteiger partial charge < -0.3 is 10.2 Å². The number of carbonyl (C=O) groups is 1. The van der Waals surface area contributed by atoms with Crippen LogP contribution in [0.2, 0.25) is 0 Å². The Kier molecular flexibility index (Phi) is 3.70.